The lowest BCUT2D eigenvalue weighted by Crippen LogP contribution is -2.13. The molecule has 1 heterocycles. The third-order valence-corrected chi connectivity index (χ3v) is 3.71. The van der Waals surface area contributed by atoms with E-state index in [0.717, 1.165) is 11.3 Å². The van der Waals surface area contributed by atoms with Gasteiger partial charge in [0.15, 0.2) is 0 Å². The lowest BCUT2D eigenvalue weighted by molar-refractivity contribution is -0.384. The van der Waals surface area contributed by atoms with Gasteiger partial charge in [0.05, 0.1) is 10.6 Å². The summed E-state index contributed by atoms with van der Waals surface area (Å²) < 4.78 is 1.94. The molecule has 0 unspecified atom stereocenters. The van der Waals surface area contributed by atoms with Gasteiger partial charge in [-0.25, -0.2) is 0 Å². The average Bonchev–Trinajstić information content (AvgIpc) is 3.11. The number of aromatic nitrogens is 1. The van der Waals surface area contributed by atoms with E-state index in [1.54, 1.807) is 25.1 Å². The summed E-state index contributed by atoms with van der Waals surface area (Å²) >= 11 is 0. The normalized spacial score (nSPS) is 10.4. The van der Waals surface area contributed by atoms with Crippen LogP contribution in [0.2, 0.25) is 0 Å². The van der Waals surface area contributed by atoms with Gasteiger partial charge in [-0.3, -0.25) is 14.9 Å². The van der Waals surface area contributed by atoms with E-state index in [2.05, 4.69) is 5.32 Å². The van der Waals surface area contributed by atoms with Crippen LogP contribution in [0.3, 0.4) is 0 Å². The number of carbonyl (C=O) groups is 1. The quantitative estimate of drug-likeness (QED) is 0.584. The van der Waals surface area contributed by atoms with Crippen molar-refractivity contribution in [3.63, 3.8) is 0 Å². The van der Waals surface area contributed by atoms with Gasteiger partial charge >= 0.3 is 0 Å². The van der Waals surface area contributed by atoms with Gasteiger partial charge in [0.25, 0.3) is 11.6 Å². The minimum Gasteiger partial charge on any atom is -0.324 e. The second-order valence-corrected chi connectivity index (χ2v) is 5.35. The molecule has 0 radical (unpaired) electrons. The van der Waals surface area contributed by atoms with Gasteiger partial charge in [-0.1, -0.05) is 6.07 Å². The summed E-state index contributed by atoms with van der Waals surface area (Å²) in [7, 11) is 0. The van der Waals surface area contributed by atoms with E-state index in [4.69, 9.17) is 0 Å². The molecule has 3 rings (SSSR count). The van der Waals surface area contributed by atoms with Crippen molar-refractivity contribution in [1.29, 1.82) is 0 Å². The van der Waals surface area contributed by atoms with Gasteiger partial charge in [0, 0.05) is 35.8 Å². The number of aryl methyl sites for hydroxylation is 1. The molecule has 24 heavy (non-hydrogen) atoms. The summed E-state index contributed by atoms with van der Waals surface area (Å²) in [5.74, 6) is -0.308. The second kappa shape index (κ2) is 6.37. The zero-order valence-electron chi connectivity index (χ0n) is 13.0. The Hall–Kier alpha value is -3.41. The maximum absolute atomic E-state index is 12.4. The molecule has 120 valence electrons. The van der Waals surface area contributed by atoms with Crippen molar-refractivity contribution in [3.8, 4) is 5.69 Å². The van der Waals surface area contributed by atoms with Crippen LogP contribution in [0.15, 0.2) is 67.0 Å². The van der Waals surface area contributed by atoms with Gasteiger partial charge in [0.2, 0.25) is 0 Å². The number of rotatable bonds is 4. The second-order valence-electron chi connectivity index (χ2n) is 5.35. The van der Waals surface area contributed by atoms with Crippen LogP contribution in [0.4, 0.5) is 11.4 Å². The fourth-order valence-corrected chi connectivity index (χ4v) is 2.34. The molecule has 0 saturated carbocycles. The Morgan fingerprint density at radius 3 is 2.38 bits per heavy atom. The summed E-state index contributed by atoms with van der Waals surface area (Å²) in [4.78, 5) is 22.7. The minimum absolute atomic E-state index is 0.0566. The van der Waals surface area contributed by atoms with Crippen LogP contribution < -0.4 is 5.32 Å². The predicted molar refractivity (Wildman–Crippen MR) is 91.6 cm³/mol. The van der Waals surface area contributed by atoms with Gasteiger partial charge in [0.1, 0.15) is 0 Å². The zero-order chi connectivity index (χ0) is 17.1. The molecule has 0 spiro atoms. The van der Waals surface area contributed by atoms with Crippen LogP contribution >= 0.6 is 0 Å². The van der Waals surface area contributed by atoms with Gasteiger partial charge in [-0.2, -0.15) is 0 Å². The van der Waals surface area contributed by atoms with Crippen LogP contribution in [0.25, 0.3) is 5.69 Å². The Kier molecular flexibility index (Phi) is 4.11. The first kappa shape index (κ1) is 15.5. The third kappa shape index (κ3) is 3.17. The van der Waals surface area contributed by atoms with Crippen molar-refractivity contribution in [2.45, 2.75) is 6.92 Å². The van der Waals surface area contributed by atoms with Crippen LogP contribution in [-0.2, 0) is 0 Å². The smallest absolute Gasteiger partial charge is 0.271 e. The van der Waals surface area contributed by atoms with Crippen molar-refractivity contribution >= 4 is 17.3 Å². The Balaban J connectivity index is 1.80. The number of carbonyl (C=O) groups excluding carboxylic acids is 1. The molecule has 2 aromatic carbocycles. The van der Waals surface area contributed by atoms with Crippen molar-refractivity contribution in [2.24, 2.45) is 0 Å². The van der Waals surface area contributed by atoms with Crippen LogP contribution in [0.1, 0.15) is 15.9 Å². The van der Waals surface area contributed by atoms with Crippen LogP contribution in [0, 0.1) is 17.0 Å². The molecular formula is C18H15N3O3. The highest BCUT2D eigenvalue weighted by Crippen LogP contribution is 2.22. The Labute approximate surface area is 138 Å². The van der Waals surface area contributed by atoms with Crippen molar-refractivity contribution in [2.75, 3.05) is 5.32 Å². The maximum Gasteiger partial charge on any atom is 0.271 e. The first-order valence-corrected chi connectivity index (χ1v) is 7.34. The number of non-ortho nitro benzene ring substituents is 1. The SMILES string of the molecule is Cc1ccc([N+](=O)[O-])cc1NC(=O)c1ccc(-n2cccc2)cc1. The molecule has 1 N–H and O–H groups in total. The summed E-state index contributed by atoms with van der Waals surface area (Å²) in [5.41, 5.74) is 2.57. The van der Waals surface area contributed by atoms with E-state index >= 15 is 0 Å². The van der Waals surface area contributed by atoms with Crippen molar-refractivity contribution in [1.82, 2.24) is 4.57 Å². The molecular weight excluding hydrogens is 306 g/mol. The first-order valence-electron chi connectivity index (χ1n) is 7.34. The average molecular weight is 321 g/mol. The third-order valence-electron chi connectivity index (χ3n) is 3.71. The van der Waals surface area contributed by atoms with Gasteiger partial charge in [-0.15, -0.1) is 0 Å². The predicted octanol–water partition coefficient (Wildman–Crippen LogP) is 3.95. The fourth-order valence-electron chi connectivity index (χ4n) is 2.34. The molecule has 3 aromatic rings. The number of hydrogen-bond donors (Lipinski definition) is 1. The molecule has 0 saturated heterocycles. The molecule has 1 amide bonds. The topological polar surface area (TPSA) is 77.2 Å². The van der Waals surface area contributed by atoms with Crippen molar-refractivity contribution in [3.05, 3.63) is 88.2 Å². The lowest BCUT2D eigenvalue weighted by Gasteiger charge is -2.09. The summed E-state index contributed by atoms with van der Waals surface area (Å²) in [6.45, 7) is 1.79. The number of nitro groups is 1. The Morgan fingerprint density at radius 1 is 1.08 bits per heavy atom. The van der Waals surface area contributed by atoms with Crippen molar-refractivity contribution < 1.29 is 9.72 Å². The summed E-state index contributed by atoms with van der Waals surface area (Å²) in [6.07, 6.45) is 3.84. The van der Waals surface area contributed by atoms with Gasteiger partial charge in [-0.05, 0) is 48.9 Å². The van der Waals surface area contributed by atoms with Crippen LogP contribution in [-0.4, -0.2) is 15.4 Å². The van der Waals surface area contributed by atoms with Gasteiger partial charge < -0.3 is 9.88 Å². The number of hydrogen-bond acceptors (Lipinski definition) is 3. The number of benzene rings is 2. The molecule has 0 aliphatic rings. The van der Waals surface area contributed by atoms with E-state index in [1.807, 2.05) is 41.2 Å². The number of anilines is 1. The highest BCUT2D eigenvalue weighted by atomic mass is 16.6. The zero-order valence-corrected chi connectivity index (χ0v) is 13.0. The van der Waals surface area contributed by atoms with E-state index in [1.165, 1.54) is 12.1 Å². The Morgan fingerprint density at radius 2 is 1.75 bits per heavy atom. The molecule has 6 heteroatoms. The van der Waals surface area contributed by atoms with E-state index in [-0.39, 0.29) is 11.6 Å². The highest BCUT2D eigenvalue weighted by Gasteiger charge is 2.12. The Bertz CT molecular complexity index is 884. The highest BCUT2D eigenvalue weighted by molar-refractivity contribution is 6.04. The number of nitro benzene ring substituents is 1. The summed E-state index contributed by atoms with van der Waals surface area (Å²) in [6, 6.07) is 15.4. The summed E-state index contributed by atoms with van der Waals surface area (Å²) in [5, 5.41) is 13.6. The van der Waals surface area contributed by atoms with E-state index < -0.39 is 4.92 Å². The molecule has 0 aliphatic carbocycles. The fraction of sp³-hybridized carbons (Fsp3) is 0.0556. The van der Waals surface area contributed by atoms with Crippen LogP contribution in [0.5, 0.6) is 0 Å². The molecule has 1 aromatic heterocycles. The minimum atomic E-state index is -0.485. The molecule has 0 atom stereocenters. The largest absolute Gasteiger partial charge is 0.324 e. The lowest BCUT2D eigenvalue weighted by atomic mass is 10.1. The number of amides is 1. The van der Waals surface area contributed by atoms with E-state index in [9.17, 15) is 14.9 Å². The number of nitrogens with zero attached hydrogens (tertiary/aromatic N) is 2. The van der Waals surface area contributed by atoms with E-state index in [0.29, 0.717) is 11.3 Å². The molecule has 6 nitrogen and oxygen atoms in total. The molecule has 0 aliphatic heterocycles. The standard InChI is InChI=1S/C18H15N3O3/c1-13-4-7-16(21(23)24)12-17(13)19-18(22)14-5-8-15(9-6-14)20-10-2-3-11-20/h2-12H,1H3,(H,19,22). The monoisotopic (exact) mass is 321 g/mol. The maximum atomic E-state index is 12.4. The molecule has 0 bridgehead atoms. The molecule has 0 fully saturated rings. The number of nitrogens with one attached hydrogen (secondary N) is 1. The first-order chi connectivity index (χ1) is 11.5.